The smallest absolute Gasteiger partial charge is 0.0795 e. The zero-order valence-electron chi connectivity index (χ0n) is 8.90. The Hall–Kier alpha value is -0.490. The predicted octanol–water partition coefficient (Wildman–Crippen LogP) is 0.597. The molecule has 3 N–H and O–H groups in total. The van der Waals surface area contributed by atoms with Crippen molar-refractivity contribution in [1.82, 2.24) is 10.3 Å². The summed E-state index contributed by atoms with van der Waals surface area (Å²) in [7, 11) is 0. The minimum absolute atomic E-state index is 0.0655. The fraction of sp³-hybridized carbons (Fsp3) is 0.700. The van der Waals surface area contributed by atoms with Gasteiger partial charge in [0, 0.05) is 29.9 Å². The van der Waals surface area contributed by atoms with Crippen molar-refractivity contribution in [3.63, 3.8) is 0 Å². The van der Waals surface area contributed by atoms with Crippen molar-refractivity contribution in [2.45, 2.75) is 19.5 Å². The van der Waals surface area contributed by atoms with Gasteiger partial charge in [-0.1, -0.05) is 6.92 Å². The monoisotopic (exact) mass is 227 g/mol. The molecule has 1 saturated heterocycles. The summed E-state index contributed by atoms with van der Waals surface area (Å²) in [4.78, 5) is 4.22. The van der Waals surface area contributed by atoms with Crippen LogP contribution in [0.2, 0.25) is 0 Å². The zero-order valence-corrected chi connectivity index (χ0v) is 9.72. The van der Waals surface area contributed by atoms with Crippen molar-refractivity contribution in [3.05, 3.63) is 16.6 Å². The summed E-state index contributed by atoms with van der Waals surface area (Å²) in [6.07, 6.45) is 0. The zero-order chi connectivity index (χ0) is 10.7. The van der Waals surface area contributed by atoms with Gasteiger partial charge >= 0.3 is 0 Å². The Morgan fingerprint density at radius 3 is 3.27 bits per heavy atom. The van der Waals surface area contributed by atoms with Crippen LogP contribution in [0.4, 0.5) is 0 Å². The van der Waals surface area contributed by atoms with E-state index in [0.29, 0.717) is 6.61 Å². The van der Waals surface area contributed by atoms with E-state index in [1.165, 1.54) is 0 Å². The van der Waals surface area contributed by atoms with Crippen molar-refractivity contribution in [3.8, 4) is 0 Å². The number of hydrogen-bond donors (Lipinski definition) is 2. The van der Waals surface area contributed by atoms with Crippen LogP contribution in [-0.2, 0) is 11.3 Å². The Morgan fingerprint density at radius 1 is 1.80 bits per heavy atom. The molecule has 1 fully saturated rings. The fourth-order valence-electron chi connectivity index (χ4n) is 1.71. The average molecular weight is 227 g/mol. The van der Waals surface area contributed by atoms with Gasteiger partial charge in [-0.15, -0.1) is 11.3 Å². The van der Waals surface area contributed by atoms with E-state index >= 15 is 0 Å². The number of nitrogens with zero attached hydrogens (tertiary/aromatic N) is 1. The highest BCUT2D eigenvalue weighted by Crippen LogP contribution is 2.25. The van der Waals surface area contributed by atoms with E-state index in [4.69, 9.17) is 10.5 Å². The third kappa shape index (κ3) is 2.55. The van der Waals surface area contributed by atoms with Crippen LogP contribution in [0.5, 0.6) is 0 Å². The number of rotatable bonds is 4. The fourth-order valence-corrected chi connectivity index (χ4v) is 2.27. The Bertz CT molecular complexity index is 304. The number of nitrogens with one attached hydrogen (secondary N) is 1. The average Bonchev–Trinajstić information content (AvgIpc) is 2.79. The van der Waals surface area contributed by atoms with Gasteiger partial charge in [-0.05, 0) is 0 Å². The molecular weight excluding hydrogens is 210 g/mol. The topological polar surface area (TPSA) is 60.2 Å². The predicted molar refractivity (Wildman–Crippen MR) is 60.7 cm³/mol. The number of thiazole rings is 1. The van der Waals surface area contributed by atoms with Gasteiger partial charge in [-0.25, -0.2) is 4.98 Å². The number of nitrogens with two attached hydrogens (primary N) is 1. The van der Waals surface area contributed by atoms with Gasteiger partial charge in [0.2, 0.25) is 0 Å². The molecule has 0 saturated carbocycles. The summed E-state index contributed by atoms with van der Waals surface area (Å²) in [5.41, 5.74) is 9.00. The van der Waals surface area contributed by atoms with E-state index in [1.807, 2.05) is 5.51 Å². The third-order valence-corrected chi connectivity index (χ3v) is 3.58. The first-order valence-corrected chi connectivity index (χ1v) is 6.06. The summed E-state index contributed by atoms with van der Waals surface area (Å²) in [5.74, 6) is 0. The summed E-state index contributed by atoms with van der Waals surface area (Å²) in [6.45, 7) is 5.28. The largest absolute Gasteiger partial charge is 0.379 e. The molecule has 5 heteroatoms. The van der Waals surface area contributed by atoms with Crippen molar-refractivity contribution < 1.29 is 4.74 Å². The van der Waals surface area contributed by atoms with Gasteiger partial charge in [0.1, 0.15) is 0 Å². The lowest BCUT2D eigenvalue weighted by molar-refractivity contribution is 0.158. The number of hydrogen-bond acceptors (Lipinski definition) is 5. The van der Waals surface area contributed by atoms with Crippen LogP contribution in [0.25, 0.3) is 0 Å². The van der Waals surface area contributed by atoms with Crippen LogP contribution in [0, 0.1) is 5.41 Å². The van der Waals surface area contributed by atoms with Crippen LogP contribution in [0.3, 0.4) is 0 Å². The van der Waals surface area contributed by atoms with Crippen molar-refractivity contribution in [2.24, 2.45) is 11.1 Å². The lowest BCUT2D eigenvalue weighted by Gasteiger charge is -2.26. The molecule has 0 bridgehead atoms. The van der Waals surface area contributed by atoms with Crippen LogP contribution < -0.4 is 11.1 Å². The van der Waals surface area contributed by atoms with Crippen molar-refractivity contribution in [2.75, 3.05) is 19.8 Å². The maximum absolute atomic E-state index is 5.99. The van der Waals surface area contributed by atoms with Gasteiger partial charge in [0.25, 0.3) is 0 Å². The van der Waals surface area contributed by atoms with Crippen LogP contribution >= 0.6 is 11.3 Å². The summed E-state index contributed by atoms with van der Waals surface area (Å²) in [5, 5.41) is 5.44. The molecular formula is C10H17N3OS. The van der Waals surface area contributed by atoms with E-state index < -0.39 is 0 Å². The van der Waals surface area contributed by atoms with Gasteiger partial charge < -0.3 is 15.8 Å². The highest BCUT2D eigenvalue weighted by Gasteiger charge is 2.37. The van der Waals surface area contributed by atoms with Gasteiger partial charge in [0.15, 0.2) is 0 Å². The second kappa shape index (κ2) is 4.57. The summed E-state index contributed by atoms with van der Waals surface area (Å²) >= 11 is 1.62. The highest BCUT2D eigenvalue weighted by molar-refractivity contribution is 7.07. The van der Waals surface area contributed by atoms with E-state index in [0.717, 1.165) is 25.4 Å². The van der Waals surface area contributed by atoms with Gasteiger partial charge in [-0.3, -0.25) is 0 Å². The molecule has 0 spiro atoms. The lowest BCUT2D eigenvalue weighted by atomic mass is 9.86. The molecule has 2 heterocycles. The van der Waals surface area contributed by atoms with Crippen LogP contribution in [0.15, 0.2) is 10.9 Å². The van der Waals surface area contributed by atoms with Crippen LogP contribution in [-0.4, -0.2) is 30.8 Å². The molecule has 2 unspecified atom stereocenters. The second-order valence-electron chi connectivity index (χ2n) is 4.36. The molecule has 1 aromatic heterocycles. The minimum Gasteiger partial charge on any atom is -0.379 e. The standard InChI is InChI=1S/C10H17N3OS/c1-10(6-14-3-9(10)11)5-12-2-8-4-15-7-13-8/h4,7,9,12H,2-3,5-6,11H2,1H3. The van der Waals surface area contributed by atoms with E-state index in [1.54, 1.807) is 11.3 Å². The number of aromatic nitrogens is 1. The normalized spacial score (nSPS) is 30.9. The molecule has 4 nitrogen and oxygen atoms in total. The Balaban J connectivity index is 1.78. The quantitative estimate of drug-likeness (QED) is 0.790. The van der Waals surface area contributed by atoms with Crippen molar-refractivity contribution >= 4 is 11.3 Å². The summed E-state index contributed by atoms with van der Waals surface area (Å²) < 4.78 is 5.38. The number of ether oxygens (including phenoxy) is 1. The molecule has 15 heavy (non-hydrogen) atoms. The summed E-state index contributed by atoms with van der Waals surface area (Å²) in [6, 6.07) is 0.139. The third-order valence-electron chi connectivity index (χ3n) is 2.94. The first-order valence-electron chi connectivity index (χ1n) is 5.12. The van der Waals surface area contributed by atoms with Crippen molar-refractivity contribution in [1.29, 1.82) is 0 Å². The van der Waals surface area contributed by atoms with Gasteiger partial charge in [-0.2, -0.15) is 0 Å². The van der Waals surface area contributed by atoms with Crippen LogP contribution in [0.1, 0.15) is 12.6 Å². The molecule has 2 rings (SSSR count). The van der Waals surface area contributed by atoms with E-state index in [2.05, 4.69) is 22.6 Å². The Morgan fingerprint density at radius 2 is 2.67 bits per heavy atom. The SMILES string of the molecule is CC1(CNCc2cscn2)COCC1N. The Labute approximate surface area is 93.8 Å². The molecule has 1 aliphatic heterocycles. The highest BCUT2D eigenvalue weighted by atomic mass is 32.1. The Kier molecular flexibility index (Phi) is 3.35. The lowest BCUT2D eigenvalue weighted by Crippen LogP contribution is -2.45. The maximum Gasteiger partial charge on any atom is 0.0795 e. The minimum atomic E-state index is 0.0655. The molecule has 1 aliphatic rings. The second-order valence-corrected chi connectivity index (χ2v) is 5.08. The van der Waals surface area contributed by atoms with Gasteiger partial charge in [0.05, 0.1) is 24.4 Å². The molecule has 0 amide bonds. The molecule has 0 aliphatic carbocycles. The first kappa shape index (κ1) is 11.0. The maximum atomic E-state index is 5.99. The molecule has 2 atom stereocenters. The molecule has 1 aromatic rings. The van der Waals surface area contributed by atoms with E-state index in [-0.39, 0.29) is 11.5 Å². The first-order chi connectivity index (χ1) is 7.21. The molecule has 0 aromatic carbocycles. The molecule has 0 radical (unpaired) electrons. The molecule has 84 valence electrons. The van der Waals surface area contributed by atoms with E-state index in [9.17, 15) is 0 Å².